The molecule has 0 saturated heterocycles. The Hall–Kier alpha value is -1.22. The number of rotatable bonds is 5. The molecule has 0 spiro atoms. The Bertz CT molecular complexity index is 411. The Kier molecular flexibility index (Phi) is 4.70. The molecule has 1 aromatic rings. The van der Waals surface area contributed by atoms with Crippen molar-refractivity contribution in [1.82, 2.24) is 0 Å². The van der Waals surface area contributed by atoms with Gasteiger partial charge in [0, 0.05) is 5.54 Å². The van der Waals surface area contributed by atoms with E-state index in [9.17, 15) is 0 Å². The molecule has 1 aliphatic rings. The van der Waals surface area contributed by atoms with Crippen LogP contribution in [-0.4, -0.2) is 13.2 Å². The lowest BCUT2D eigenvalue weighted by Crippen LogP contribution is -2.38. The summed E-state index contributed by atoms with van der Waals surface area (Å²) in [7, 11) is 0. The first-order valence-corrected chi connectivity index (χ1v) is 7.38. The molecule has 0 aliphatic heterocycles. The van der Waals surface area contributed by atoms with Crippen LogP contribution in [0.5, 0.6) is 11.5 Å². The molecular formula is C16H25NO2. The van der Waals surface area contributed by atoms with Gasteiger partial charge >= 0.3 is 0 Å². The molecule has 1 aromatic carbocycles. The maximum Gasteiger partial charge on any atom is 0.161 e. The molecule has 3 nitrogen and oxygen atoms in total. The number of nitrogens with two attached hydrogens (primary N) is 1. The first-order valence-electron chi connectivity index (χ1n) is 7.38. The molecule has 0 aromatic heterocycles. The minimum Gasteiger partial charge on any atom is -0.490 e. The van der Waals surface area contributed by atoms with E-state index in [1.165, 1.54) is 24.8 Å². The lowest BCUT2D eigenvalue weighted by molar-refractivity contribution is 0.280. The fourth-order valence-corrected chi connectivity index (χ4v) is 2.83. The van der Waals surface area contributed by atoms with Gasteiger partial charge in [-0.2, -0.15) is 0 Å². The maximum atomic E-state index is 6.57. The molecule has 0 amide bonds. The Labute approximate surface area is 116 Å². The third-order valence-electron chi connectivity index (χ3n) is 3.86. The van der Waals surface area contributed by atoms with Crippen LogP contribution in [0.2, 0.25) is 0 Å². The Morgan fingerprint density at radius 1 is 1.00 bits per heavy atom. The van der Waals surface area contributed by atoms with Gasteiger partial charge in [-0.3, -0.25) is 0 Å². The van der Waals surface area contributed by atoms with Crippen molar-refractivity contribution in [3.63, 3.8) is 0 Å². The second-order valence-corrected chi connectivity index (χ2v) is 5.24. The first kappa shape index (κ1) is 14.2. The number of hydrogen-bond donors (Lipinski definition) is 1. The highest BCUT2D eigenvalue weighted by atomic mass is 16.5. The molecule has 2 rings (SSSR count). The fourth-order valence-electron chi connectivity index (χ4n) is 2.83. The Morgan fingerprint density at radius 2 is 1.63 bits per heavy atom. The fraction of sp³-hybridized carbons (Fsp3) is 0.625. The van der Waals surface area contributed by atoms with Crippen LogP contribution < -0.4 is 15.2 Å². The van der Waals surface area contributed by atoms with Gasteiger partial charge in [-0.05, 0) is 44.4 Å². The minimum absolute atomic E-state index is 0.186. The molecule has 0 atom stereocenters. The molecule has 0 radical (unpaired) electrons. The predicted octanol–water partition coefficient (Wildman–Crippen LogP) is 3.60. The topological polar surface area (TPSA) is 44.5 Å². The predicted molar refractivity (Wildman–Crippen MR) is 77.7 cm³/mol. The smallest absolute Gasteiger partial charge is 0.161 e. The summed E-state index contributed by atoms with van der Waals surface area (Å²) < 4.78 is 11.3. The molecule has 2 N–H and O–H groups in total. The van der Waals surface area contributed by atoms with Gasteiger partial charge in [-0.1, -0.05) is 25.3 Å². The lowest BCUT2D eigenvalue weighted by atomic mass is 9.77. The zero-order valence-corrected chi connectivity index (χ0v) is 12.1. The molecule has 0 unspecified atom stereocenters. The zero-order valence-electron chi connectivity index (χ0n) is 12.1. The van der Waals surface area contributed by atoms with Gasteiger partial charge in [-0.25, -0.2) is 0 Å². The van der Waals surface area contributed by atoms with E-state index in [-0.39, 0.29) is 5.54 Å². The van der Waals surface area contributed by atoms with E-state index in [1.807, 2.05) is 19.9 Å². The molecule has 1 aliphatic carbocycles. The Balaban J connectivity index is 2.28. The molecule has 1 fully saturated rings. The van der Waals surface area contributed by atoms with Crippen molar-refractivity contribution in [2.24, 2.45) is 5.73 Å². The summed E-state index contributed by atoms with van der Waals surface area (Å²) in [5, 5.41) is 0. The lowest BCUT2D eigenvalue weighted by Gasteiger charge is -2.34. The summed E-state index contributed by atoms with van der Waals surface area (Å²) in [6.07, 6.45) is 5.86. The number of hydrogen-bond acceptors (Lipinski definition) is 3. The second kappa shape index (κ2) is 6.29. The SMILES string of the molecule is CCOc1ccc(C2(N)CCCCC2)cc1OCC. The van der Waals surface area contributed by atoms with Gasteiger partial charge in [0.25, 0.3) is 0 Å². The summed E-state index contributed by atoms with van der Waals surface area (Å²) in [6, 6.07) is 6.16. The summed E-state index contributed by atoms with van der Waals surface area (Å²) in [5.41, 5.74) is 7.57. The molecule has 3 heteroatoms. The highest BCUT2D eigenvalue weighted by Gasteiger charge is 2.30. The van der Waals surface area contributed by atoms with E-state index in [0.717, 1.165) is 24.3 Å². The largest absolute Gasteiger partial charge is 0.490 e. The van der Waals surface area contributed by atoms with Gasteiger partial charge in [0.15, 0.2) is 11.5 Å². The van der Waals surface area contributed by atoms with Crippen LogP contribution in [0, 0.1) is 0 Å². The van der Waals surface area contributed by atoms with Crippen LogP contribution in [0.1, 0.15) is 51.5 Å². The molecule has 106 valence electrons. The summed E-state index contributed by atoms with van der Waals surface area (Å²) >= 11 is 0. The molecule has 0 heterocycles. The monoisotopic (exact) mass is 263 g/mol. The number of benzene rings is 1. The Morgan fingerprint density at radius 3 is 2.26 bits per heavy atom. The third kappa shape index (κ3) is 3.21. The normalized spacial score (nSPS) is 18.1. The average Bonchev–Trinajstić information content (AvgIpc) is 2.42. The van der Waals surface area contributed by atoms with E-state index in [1.54, 1.807) is 0 Å². The van der Waals surface area contributed by atoms with E-state index < -0.39 is 0 Å². The summed E-state index contributed by atoms with van der Waals surface area (Å²) in [4.78, 5) is 0. The number of ether oxygens (including phenoxy) is 2. The van der Waals surface area contributed by atoms with Crippen molar-refractivity contribution >= 4 is 0 Å². The van der Waals surface area contributed by atoms with E-state index in [4.69, 9.17) is 15.2 Å². The van der Waals surface area contributed by atoms with Gasteiger partial charge in [0.2, 0.25) is 0 Å². The molecule has 1 saturated carbocycles. The van der Waals surface area contributed by atoms with Crippen LogP contribution in [0.3, 0.4) is 0 Å². The van der Waals surface area contributed by atoms with Crippen molar-refractivity contribution in [2.45, 2.75) is 51.5 Å². The molecule has 0 bridgehead atoms. The minimum atomic E-state index is -0.186. The molecular weight excluding hydrogens is 238 g/mol. The van der Waals surface area contributed by atoms with Crippen LogP contribution >= 0.6 is 0 Å². The summed E-state index contributed by atoms with van der Waals surface area (Å²) in [6.45, 7) is 5.25. The highest BCUT2D eigenvalue weighted by Crippen LogP contribution is 2.38. The van der Waals surface area contributed by atoms with E-state index in [2.05, 4.69) is 12.1 Å². The third-order valence-corrected chi connectivity index (χ3v) is 3.86. The van der Waals surface area contributed by atoms with Crippen LogP contribution in [0.25, 0.3) is 0 Å². The van der Waals surface area contributed by atoms with Gasteiger partial charge in [0.05, 0.1) is 13.2 Å². The van der Waals surface area contributed by atoms with Gasteiger partial charge < -0.3 is 15.2 Å². The van der Waals surface area contributed by atoms with E-state index in [0.29, 0.717) is 13.2 Å². The van der Waals surface area contributed by atoms with E-state index >= 15 is 0 Å². The first-order chi connectivity index (χ1) is 9.19. The van der Waals surface area contributed by atoms with Crippen LogP contribution in [0.4, 0.5) is 0 Å². The highest BCUT2D eigenvalue weighted by molar-refractivity contribution is 5.45. The second-order valence-electron chi connectivity index (χ2n) is 5.24. The molecule has 19 heavy (non-hydrogen) atoms. The maximum absolute atomic E-state index is 6.57. The van der Waals surface area contributed by atoms with Crippen molar-refractivity contribution < 1.29 is 9.47 Å². The summed E-state index contributed by atoms with van der Waals surface area (Å²) in [5.74, 6) is 1.63. The van der Waals surface area contributed by atoms with Gasteiger partial charge in [-0.15, -0.1) is 0 Å². The van der Waals surface area contributed by atoms with Gasteiger partial charge in [0.1, 0.15) is 0 Å². The van der Waals surface area contributed by atoms with Crippen molar-refractivity contribution in [3.8, 4) is 11.5 Å². The van der Waals surface area contributed by atoms with Crippen molar-refractivity contribution in [3.05, 3.63) is 23.8 Å². The van der Waals surface area contributed by atoms with Crippen molar-refractivity contribution in [1.29, 1.82) is 0 Å². The quantitative estimate of drug-likeness (QED) is 0.882. The zero-order chi connectivity index (χ0) is 13.7. The standard InChI is InChI=1S/C16H25NO2/c1-3-18-14-9-8-13(12-15(14)19-4-2)16(17)10-6-5-7-11-16/h8-9,12H,3-7,10-11,17H2,1-2H3. The van der Waals surface area contributed by atoms with Crippen LogP contribution in [-0.2, 0) is 5.54 Å². The van der Waals surface area contributed by atoms with Crippen molar-refractivity contribution in [2.75, 3.05) is 13.2 Å². The van der Waals surface area contributed by atoms with Crippen LogP contribution in [0.15, 0.2) is 18.2 Å². The average molecular weight is 263 g/mol.